The number of aromatic nitrogens is 2. The van der Waals surface area contributed by atoms with Gasteiger partial charge in [0.25, 0.3) is 5.82 Å². The maximum absolute atomic E-state index is 12.9. The summed E-state index contributed by atoms with van der Waals surface area (Å²) in [7, 11) is 0. The average molecular weight is 392 g/mol. The zero-order valence-electron chi connectivity index (χ0n) is 15.1. The Morgan fingerprint density at radius 1 is 1.26 bits per heavy atom. The van der Waals surface area contributed by atoms with E-state index in [0.717, 1.165) is 0 Å². The molecule has 27 heavy (non-hydrogen) atoms. The monoisotopic (exact) mass is 392 g/mol. The molecular formula is C16H23F3N4O4. The van der Waals surface area contributed by atoms with Crippen molar-refractivity contribution in [3.05, 3.63) is 11.7 Å². The van der Waals surface area contributed by atoms with E-state index in [2.05, 4.69) is 14.7 Å². The molecule has 1 aromatic rings. The normalized spacial score (nSPS) is 30.5. The summed E-state index contributed by atoms with van der Waals surface area (Å²) >= 11 is 0. The molecule has 3 heterocycles. The molecule has 0 unspecified atom stereocenters. The molecule has 0 spiro atoms. The van der Waals surface area contributed by atoms with Crippen molar-refractivity contribution in [2.24, 2.45) is 5.92 Å². The summed E-state index contributed by atoms with van der Waals surface area (Å²) < 4.78 is 48.0. The second-order valence-corrected chi connectivity index (χ2v) is 7.21. The van der Waals surface area contributed by atoms with Gasteiger partial charge in [0.15, 0.2) is 0 Å². The third-order valence-corrected chi connectivity index (χ3v) is 4.79. The lowest BCUT2D eigenvalue weighted by Crippen LogP contribution is -2.55. The highest BCUT2D eigenvalue weighted by Gasteiger charge is 2.40. The van der Waals surface area contributed by atoms with Crippen LogP contribution >= 0.6 is 0 Å². The SMILES string of the molecule is C[C@@H]1CN(C(=O)[C@H]2CN(Cc3nc(C(F)(F)F)no3)CC[C@H]2O)C[C@H](C)O1. The minimum Gasteiger partial charge on any atom is -0.392 e. The van der Waals surface area contributed by atoms with Crippen LogP contribution in [0.2, 0.25) is 0 Å². The molecule has 2 aliphatic heterocycles. The Hall–Kier alpha value is -1.72. The number of amides is 1. The van der Waals surface area contributed by atoms with Crippen LogP contribution in [0.3, 0.4) is 0 Å². The van der Waals surface area contributed by atoms with Crippen molar-refractivity contribution in [3.8, 4) is 0 Å². The smallest absolute Gasteiger partial charge is 0.392 e. The van der Waals surface area contributed by atoms with Crippen LogP contribution in [0, 0.1) is 5.92 Å². The van der Waals surface area contributed by atoms with Crippen LogP contribution in [-0.2, 0) is 22.3 Å². The summed E-state index contributed by atoms with van der Waals surface area (Å²) in [6.45, 7) is 5.29. The van der Waals surface area contributed by atoms with E-state index in [-0.39, 0.29) is 37.1 Å². The quantitative estimate of drug-likeness (QED) is 0.817. The van der Waals surface area contributed by atoms with Gasteiger partial charge in [-0.1, -0.05) is 5.16 Å². The molecule has 3 rings (SSSR count). The molecule has 2 fully saturated rings. The number of halogens is 3. The molecule has 11 heteroatoms. The molecule has 2 aliphatic rings. The number of hydrogen-bond acceptors (Lipinski definition) is 7. The molecular weight excluding hydrogens is 369 g/mol. The van der Waals surface area contributed by atoms with Crippen LogP contribution in [0.1, 0.15) is 32.0 Å². The first kappa shape index (κ1) is 20.0. The summed E-state index contributed by atoms with van der Waals surface area (Å²) in [4.78, 5) is 19.7. The zero-order chi connectivity index (χ0) is 19.8. The number of aliphatic hydroxyl groups is 1. The van der Waals surface area contributed by atoms with Gasteiger partial charge in [-0.15, -0.1) is 0 Å². The molecule has 0 aromatic carbocycles. The first-order chi connectivity index (χ1) is 12.6. The van der Waals surface area contributed by atoms with Crippen LogP contribution in [-0.4, -0.2) is 75.4 Å². The molecule has 1 N–H and O–H groups in total. The van der Waals surface area contributed by atoms with Gasteiger partial charge in [0, 0.05) is 26.2 Å². The van der Waals surface area contributed by atoms with E-state index in [9.17, 15) is 23.1 Å². The van der Waals surface area contributed by atoms with Crippen molar-refractivity contribution in [1.29, 1.82) is 0 Å². The molecule has 0 saturated carbocycles. The van der Waals surface area contributed by atoms with Crippen LogP contribution in [0.5, 0.6) is 0 Å². The number of nitrogens with zero attached hydrogens (tertiary/aromatic N) is 4. The second-order valence-electron chi connectivity index (χ2n) is 7.21. The number of carbonyl (C=O) groups excluding carboxylic acids is 1. The van der Waals surface area contributed by atoms with Crippen LogP contribution in [0.25, 0.3) is 0 Å². The Bertz CT molecular complexity index is 658. The van der Waals surface area contributed by atoms with E-state index in [0.29, 0.717) is 26.1 Å². The first-order valence-electron chi connectivity index (χ1n) is 8.88. The lowest BCUT2D eigenvalue weighted by molar-refractivity contribution is -0.154. The van der Waals surface area contributed by atoms with Crippen molar-refractivity contribution in [2.45, 2.75) is 51.3 Å². The lowest BCUT2D eigenvalue weighted by atomic mass is 9.92. The Labute approximate surface area is 154 Å². The van der Waals surface area contributed by atoms with Crippen molar-refractivity contribution in [1.82, 2.24) is 19.9 Å². The van der Waals surface area contributed by atoms with Gasteiger partial charge in [-0.3, -0.25) is 9.69 Å². The highest BCUT2D eigenvalue weighted by Crippen LogP contribution is 2.27. The van der Waals surface area contributed by atoms with Crippen molar-refractivity contribution in [3.63, 3.8) is 0 Å². The van der Waals surface area contributed by atoms with Crippen molar-refractivity contribution < 1.29 is 32.3 Å². The van der Waals surface area contributed by atoms with Crippen LogP contribution < -0.4 is 0 Å². The highest BCUT2D eigenvalue weighted by atomic mass is 19.4. The van der Waals surface area contributed by atoms with Gasteiger partial charge >= 0.3 is 6.18 Å². The van der Waals surface area contributed by atoms with Crippen LogP contribution in [0.15, 0.2) is 4.52 Å². The minimum atomic E-state index is -4.66. The number of piperidine rings is 1. The van der Waals surface area contributed by atoms with Crippen LogP contribution in [0.4, 0.5) is 13.2 Å². The minimum absolute atomic E-state index is 0.00447. The van der Waals surface area contributed by atoms with Gasteiger partial charge in [-0.25, -0.2) is 0 Å². The maximum Gasteiger partial charge on any atom is 0.455 e. The number of alkyl halides is 3. The van der Waals surface area contributed by atoms with Crippen molar-refractivity contribution in [2.75, 3.05) is 26.2 Å². The first-order valence-corrected chi connectivity index (χ1v) is 8.88. The fourth-order valence-electron chi connectivity index (χ4n) is 3.61. The van der Waals surface area contributed by atoms with Gasteiger partial charge < -0.3 is 19.3 Å². The molecule has 1 amide bonds. The van der Waals surface area contributed by atoms with Gasteiger partial charge in [0.05, 0.1) is 30.8 Å². The molecule has 4 atom stereocenters. The second kappa shape index (κ2) is 7.72. The number of carbonyl (C=O) groups is 1. The Kier molecular flexibility index (Phi) is 5.73. The van der Waals surface area contributed by atoms with E-state index >= 15 is 0 Å². The average Bonchev–Trinajstić information content (AvgIpc) is 3.04. The molecule has 0 aliphatic carbocycles. The number of morpholine rings is 1. The van der Waals surface area contributed by atoms with Gasteiger partial charge in [0.1, 0.15) is 0 Å². The summed E-state index contributed by atoms with van der Waals surface area (Å²) in [5.74, 6) is -2.31. The Balaban J connectivity index is 1.63. The standard InChI is InChI=1S/C16H23F3N4O4/c1-9-5-23(6-10(2)26-9)14(25)11-7-22(4-3-12(11)24)8-13-20-15(21-27-13)16(17,18)19/h9-12,24H,3-8H2,1-2H3/t9-,10+,11-,12+/m0/s1. The summed E-state index contributed by atoms with van der Waals surface area (Å²) in [6, 6.07) is 0. The van der Waals surface area contributed by atoms with E-state index in [1.54, 1.807) is 9.80 Å². The van der Waals surface area contributed by atoms with E-state index < -0.39 is 24.0 Å². The van der Waals surface area contributed by atoms with E-state index in [4.69, 9.17) is 4.74 Å². The summed E-state index contributed by atoms with van der Waals surface area (Å²) in [5, 5.41) is 13.2. The molecule has 152 valence electrons. The summed E-state index contributed by atoms with van der Waals surface area (Å²) in [6.07, 6.45) is -5.30. The van der Waals surface area contributed by atoms with E-state index in [1.807, 2.05) is 13.8 Å². The number of hydrogen-bond donors (Lipinski definition) is 1. The Morgan fingerprint density at radius 3 is 2.52 bits per heavy atom. The van der Waals surface area contributed by atoms with Gasteiger partial charge in [-0.05, 0) is 20.3 Å². The summed E-state index contributed by atoms with van der Waals surface area (Å²) in [5.41, 5.74) is 0. The van der Waals surface area contributed by atoms with Gasteiger partial charge in [0.2, 0.25) is 11.8 Å². The molecule has 1 aromatic heterocycles. The molecule has 2 saturated heterocycles. The Morgan fingerprint density at radius 2 is 1.93 bits per heavy atom. The largest absolute Gasteiger partial charge is 0.455 e. The van der Waals surface area contributed by atoms with Gasteiger partial charge in [-0.2, -0.15) is 18.2 Å². The topological polar surface area (TPSA) is 91.9 Å². The number of ether oxygens (including phenoxy) is 1. The fourth-order valence-corrected chi connectivity index (χ4v) is 3.61. The van der Waals surface area contributed by atoms with E-state index in [1.165, 1.54) is 0 Å². The lowest BCUT2D eigenvalue weighted by Gasteiger charge is -2.41. The molecule has 0 radical (unpaired) electrons. The predicted molar refractivity (Wildman–Crippen MR) is 85.3 cm³/mol. The zero-order valence-corrected chi connectivity index (χ0v) is 15.1. The highest BCUT2D eigenvalue weighted by molar-refractivity contribution is 5.80. The predicted octanol–water partition coefficient (Wildman–Crippen LogP) is 0.907. The number of likely N-dealkylation sites (tertiary alicyclic amines) is 1. The molecule has 0 bridgehead atoms. The maximum atomic E-state index is 12.9. The number of rotatable bonds is 3. The third kappa shape index (κ3) is 4.77. The molecule has 8 nitrogen and oxygen atoms in total. The number of aliphatic hydroxyl groups excluding tert-OH is 1. The van der Waals surface area contributed by atoms with Crippen molar-refractivity contribution >= 4 is 5.91 Å². The third-order valence-electron chi connectivity index (χ3n) is 4.79. The fraction of sp³-hybridized carbons (Fsp3) is 0.812.